The highest BCUT2D eigenvalue weighted by atomic mass is 32.2. The van der Waals surface area contributed by atoms with Gasteiger partial charge in [-0.2, -0.15) is 4.31 Å². The van der Waals surface area contributed by atoms with Crippen LogP contribution in [0.2, 0.25) is 0 Å². The summed E-state index contributed by atoms with van der Waals surface area (Å²) in [6.45, 7) is 5.93. The summed E-state index contributed by atoms with van der Waals surface area (Å²) in [5, 5.41) is 11.7. The minimum Gasteiger partial charge on any atom is -0.394 e. The van der Waals surface area contributed by atoms with Crippen LogP contribution in [0.5, 0.6) is 0 Å². The maximum absolute atomic E-state index is 12.3. The first-order chi connectivity index (χ1) is 9.90. The van der Waals surface area contributed by atoms with Gasteiger partial charge in [-0.25, -0.2) is 8.42 Å². The Morgan fingerprint density at radius 1 is 1.38 bits per heavy atom. The standard InChI is InChI=1S/C13H23N3O4S/c1-4-10(9-17)15-13(18)12-7-11(8-14-12)21(19,20)16(5-2)6-3/h7-8,10,14,17H,4-6,9H2,1-3H3,(H,15,18)/t10-/m1/s1. The Bertz CT molecular complexity index is 560. The van der Waals surface area contributed by atoms with Crippen molar-refractivity contribution in [2.24, 2.45) is 0 Å². The molecule has 1 atom stereocenters. The molecule has 8 heteroatoms. The second-order valence-electron chi connectivity index (χ2n) is 4.60. The molecule has 0 saturated heterocycles. The first-order valence-electron chi connectivity index (χ1n) is 7.00. The molecule has 0 aliphatic heterocycles. The van der Waals surface area contributed by atoms with E-state index in [1.165, 1.54) is 16.6 Å². The number of nitrogens with zero attached hydrogens (tertiary/aromatic N) is 1. The van der Waals surface area contributed by atoms with E-state index < -0.39 is 15.9 Å². The fraction of sp³-hybridized carbons (Fsp3) is 0.615. The lowest BCUT2D eigenvalue weighted by atomic mass is 10.2. The van der Waals surface area contributed by atoms with Crippen LogP contribution in [0.3, 0.4) is 0 Å². The van der Waals surface area contributed by atoms with Crippen molar-refractivity contribution in [3.8, 4) is 0 Å². The van der Waals surface area contributed by atoms with Gasteiger partial charge in [-0.15, -0.1) is 0 Å². The smallest absolute Gasteiger partial charge is 0.268 e. The van der Waals surface area contributed by atoms with Crippen LogP contribution in [0.4, 0.5) is 0 Å². The van der Waals surface area contributed by atoms with Crippen LogP contribution in [0.25, 0.3) is 0 Å². The van der Waals surface area contributed by atoms with Crippen LogP contribution in [0, 0.1) is 0 Å². The number of hydrogen-bond acceptors (Lipinski definition) is 4. The zero-order chi connectivity index (χ0) is 16.0. The Morgan fingerprint density at radius 3 is 2.48 bits per heavy atom. The van der Waals surface area contributed by atoms with E-state index >= 15 is 0 Å². The molecular weight excluding hydrogens is 294 g/mol. The fourth-order valence-corrected chi connectivity index (χ4v) is 3.36. The molecule has 0 saturated carbocycles. The molecule has 1 heterocycles. The third-order valence-corrected chi connectivity index (χ3v) is 5.32. The summed E-state index contributed by atoms with van der Waals surface area (Å²) in [6.07, 6.45) is 1.90. The molecule has 0 aromatic carbocycles. The molecule has 1 aromatic heterocycles. The average Bonchev–Trinajstić information content (AvgIpc) is 2.96. The number of aromatic amines is 1. The van der Waals surface area contributed by atoms with E-state index in [0.29, 0.717) is 19.5 Å². The fourth-order valence-electron chi connectivity index (χ4n) is 1.91. The molecule has 1 amide bonds. The summed E-state index contributed by atoms with van der Waals surface area (Å²) in [5.41, 5.74) is 0.160. The first kappa shape index (κ1) is 17.7. The number of nitrogens with one attached hydrogen (secondary N) is 2. The third-order valence-electron chi connectivity index (χ3n) is 3.29. The lowest BCUT2D eigenvalue weighted by Gasteiger charge is -2.17. The molecule has 0 aliphatic rings. The van der Waals surface area contributed by atoms with Gasteiger partial charge in [0, 0.05) is 19.3 Å². The minimum atomic E-state index is -3.58. The molecule has 0 bridgehead atoms. The summed E-state index contributed by atoms with van der Waals surface area (Å²) in [7, 11) is -3.58. The van der Waals surface area contributed by atoms with Crippen molar-refractivity contribution in [2.45, 2.75) is 38.1 Å². The Kier molecular flexibility index (Phi) is 6.38. The van der Waals surface area contributed by atoms with E-state index in [1.807, 2.05) is 6.92 Å². The molecule has 21 heavy (non-hydrogen) atoms. The van der Waals surface area contributed by atoms with Gasteiger partial charge in [-0.3, -0.25) is 4.79 Å². The number of aliphatic hydroxyl groups is 1. The summed E-state index contributed by atoms with van der Waals surface area (Å²) in [5.74, 6) is -0.433. The molecule has 1 aromatic rings. The second-order valence-corrected chi connectivity index (χ2v) is 6.54. The van der Waals surface area contributed by atoms with E-state index in [9.17, 15) is 13.2 Å². The Labute approximate surface area is 125 Å². The minimum absolute atomic E-state index is 0.0633. The van der Waals surface area contributed by atoms with E-state index in [0.717, 1.165) is 0 Å². The number of carbonyl (C=O) groups excluding carboxylic acids is 1. The molecule has 0 spiro atoms. The average molecular weight is 317 g/mol. The number of aromatic nitrogens is 1. The maximum Gasteiger partial charge on any atom is 0.268 e. The van der Waals surface area contributed by atoms with Crippen LogP contribution in [0.15, 0.2) is 17.2 Å². The third kappa shape index (κ3) is 4.05. The molecule has 0 fully saturated rings. The highest BCUT2D eigenvalue weighted by Crippen LogP contribution is 2.16. The molecule has 120 valence electrons. The van der Waals surface area contributed by atoms with Crippen LogP contribution < -0.4 is 5.32 Å². The second kappa shape index (κ2) is 7.58. The van der Waals surface area contributed by atoms with Gasteiger partial charge in [0.2, 0.25) is 10.0 Å². The zero-order valence-electron chi connectivity index (χ0n) is 12.6. The van der Waals surface area contributed by atoms with Crippen molar-refractivity contribution >= 4 is 15.9 Å². The van der Waals surface area contributed by atoms with Crippen molar-refractivity contribution in [2.75, 3.05) is 19.7 Å². The number of hydrogen-bond donors (Lipinski definition) is 3. The van der Waals surface area contributed by atoms with Crippen LogP contribution in [-0.2, 0) is 10.0 Å². The van der Waals surface area contributed by atoms with E-state index in [2.05, 4.69) is 10.3 Å². The normalized spacial score (nSPS) is 13.4. The number of sulfonamides is 1. The van der Waals surface area contributed by atoms with Crippen molar-refractivity contribution in [1.82, 2.24) is 14.6 Å². The van der Waals surface area contributed by atoms with Crippen LogP contribution in [0.1, 0.15) is 37.7 Å². The molecule has 0 radical (unpaired) electrons. The first-order valence-corrected chi connectivity index (χ1v) is 8.44. The molecule has 1 rings (SSSR count). The van der Waals surface area contributed by atoms with Crippen LogP contribution in [-0.4, -0.2) is 54.5 Å². The van der Waals surface area contributed by atoms with Gasteiger partial charge in [-0.1, -0.05) is 20.8 Å². The lowest BCUT2D eigenvalue weighted by Crippen LogP contribution is -2.37. The van der Waals surface area contributed by atoms with Gasteiger partial charge >= 0.3 is 0 Å². The van der Waals surface area contributed by atoms with Crippen molar-refractivity contribution in [3.05, 3.63) is 18.0 Å². The number of carbonyl (C=O) groups is 1. The van der Waals surface area contributed by atoms with Gasteiger partial charge in [0.1, 0.15) is 10.6 Å². The van der Waals surface area contributed by atoms with Crippen molar-refractivity contribution in [3.63, 3.8) is 0 Å². The Balaban J connectivity index is 2.93. The maximum atomic E-state index is 12.3. The predicted octanol–water partition coefficient (Wildman–Crippen LogP) is 0.546. The Hall–Kier alpha value is -1.38. The van der Waals surface area contributed by atoms with Gasteiger partial charge in [-0.05, 0) is 12.5 Å². The topological polar surface area (TPSA) is 102 Å². The predicted molar refractivity (Wildman–Crippen MR) is 79.5 cm³/mol. The molecule has 0 aliphatic carbocycles. The molecular formula is C13H23N3O4S. The number of H-pyrrole nitrogens is 1. The van der Waals surface area contributed by atoms with E-state index in [4.69, 9.17) is 5.11 Å². The van der Waals surface area contributed by atoms with Crippen molar-refractivity contribution in [1.29, 1.82) is 0 Å². The Morgan fingerprint density at radius 2 is 2.00 bits per heavy atom. The monoisotopic (exact) mass is 317 g/mol. The molecule has 3 N–H and O–H groups in total. The SMILES string of the molecule is CC[C@H](CO)NC(=O)c1cc(S(=O)(=O)N(CC)CC)c[nH]1. The highest BCUT2D eigenvalue weighted by Gasteiger charge is 2.24. The van der Waals surface area contributed by atoms with Crippen LogP contribution >= 0.6 is 0 Å². The summed E-state index contributed by atoms with van der Waals surface area (Å²) in [6, 6.07) is 0.969. The zero-order valence-corrected chi connectivity index (χ0v) is 13.4. The van der Waals surface area contributed by atoms with Gasteiger partial charge < -0.3 is 15.4 Å². The van der Waals surface area contributed by atoms with Gasteiger partial charge in [0.15, 0.2) is 0 Å². The quantitative estimate of drug-likeness (QED) is 0.651. The number of rotatable bonds is 8. The number of amides is 1. The summed E-state index contributed by atoms with van der Waals surface area (Å²) < 4.78 is 25.9. The molecule has 0 unspecified atom stereocenters. The highest BCUT2D eigenvalue weighted by molar-refractivity contribution is 7.89. The van der Waals surface area contributed by atoms with Gasteiger partial charge in [0.05, 0.1) is 12.6 Å². The summed E-state index contributed by atoms with van der Waals surface area (Å²) >= 11 is 0. The number of aliphatic hydroxyl groups excluding tert-OH is 1. The molecule has 7 nitrogen and oxygen atoms in total. The lowest BCUT2D eigenvalue weighted by molar-refractivity contribution is 0.0910. The largest absolute Gasteiger partial charge is 0.394 e. The van der Waals surface area contributed by atoms with Gasteiger partial charge in [0.25, 0.3) is 5.91 Å². The van der Waals surface area contributed by atoms with E-state index in [-0.39, 0.29) is 23.2 Å². The van der Waals surface area contributed by atoms with Crippen molar-refractivity contribution < 1.29 is 18.3 Å². The van der Waals surface area contributed by atoms with E-state index in [1.54, 1.807) is 13.8 Å². The summed E-state index contributed by atoms with van der Waals surface area (Å²) in [4.78, 5) is 14.7.